The lowest BCUT2D eigenvalue weighted by Gasteiger charge is -2.32. The number of amides is 1. The molecule has 1 aromatic carbocycles. The van der Waals surface area contributed by atoms with Gasteiger partial charge in [0.2, 0.25) is 5.91 Å². The van der Waals surface area contributed by atoms with Gasteiger partial charge in [0, 0.05) is 20.1 Å². The van der Waals surface area contributed by atoms with Gasteiger partial charge in [0.1, 0.15) is 0 Å². The van der Waals surface area contributed by atoms with E-state index in [-0.39, 0.29) is 17.7 Å². The first kappa shape index (κ1) is 19.7. The molecule has 0 N–H and O–H groups in total. The molecule has 0 heterocycles. The Kier molecular flexibility index (Phi) is 7.24. The summed E-state index contributed by atoms with van der Waals surface area (Å²) in [5.41, 5.74) is 0.760. The standard InChI is InChI=1S/C20H31FN2O2/c1-15(22(2)13-16-8-6-5-7-9-16)20(24)23(3)14-17-10-11-19(25-4)18(21)12-17/h10-12,15-16H,5-9,13-14H2,1-4H3. The zero-order valence-corrected chi connectivity index (χ0v) is 15.9. The molecular formula is C20H31FN2O2. The third-order valence-corrected chi connectivity index (χ3v) is 5.30. The third kappa shape index (κ3) is 5.43. The van der Waals surface area contributed by atoms with Gasteiger partial charge in [0.15, 0.2) is 11.6 Å². The van der Waals surface area contributed by atoms with E-state index in [0.717, 1.165) is 12.1 Å². The topological polar surface area (TPSA) is 32.8 Å². The SMILES string of the molecule is COc1ccc(CN(C)C(=O)C(C)N(C)CC2CCCCC2)cc1F. The van der Waals surface area contributed by atoms with Crippen molar-refractivity contribution in [3.63, 3.8) is 0 Å². The van der Waals surface area contributed by atoms with Crippen LogP contribution in [0, 0.1) is 11.7 Å². The Morgan fingerprint density at radius 1 is 1.28 bits per heavy atom. The van der Waals surface area contributed by atoms with E-state index in [1.54, 1.807) is 24.1 Å². The monoisotopic (exact) mass is 350 g/mol. The maximum Gasteiger partial charge on any atom is 0.239 e. The van der Waals surface area contributed by atoms with Crippen LogP contribution in [0.3, 0.4) is 0 Å². The number of ether oxygens (including phenoxy) is 1. The zero-order chi connectivity index (χ0) is 18.4. The number of benzene rings is 1. The van der Waals surface area contributed by atoms with Crippen LogP contribution in [0.1, 0.15) is 44.6 Å². The Hall–Kier alpha value is -1.62. The van der Waals surface area contributed by atoms with Gasteiger partial charge in [-0.1, -0.05) is 25.3 Å². The number of carbonyl (C=O) groups is 1. The Balaban J connectivity index is 1.90. The van der Waals surface area contributed by atoms with E-state index in [1.165, 1.54) is 45.3 Å². The Labute approximate surface area is 150 Å². The summed E-state index contributed by atoms with van der Waals surface area (Å²) in [6.07, 6.45) is 6.50. The van der Waals surface area contributed by atoms with Crippen LogP contribution >= 0.6 is 0 Å². The largest absolute Gasteiger partial charge is 0.494 e. The highest BCUT2D eigenvalue weighted by Gasteiger charge is 2.24. The molecule has 2 rings (SSSR count). The van der Waals surface area contributed by atoms with Crippen molar-refractivity contribution in [3.05, 3.63) is 29.6 Å². The molecule has 0 aliphatic heterocycles. The van der Waals surface area contributed by atoms with Crippen molar-refractivity contribution in [3.8, 4) is 5.75 Å². The molecule has 1 amide bonds. The Morgan fingerprint density at radius 3 is 2.56 bits per heavy atom. The van der Waals surface area contributed by atoms with Gasteiger partial charge in [-0.25, -0.2) is 4.39 Å². The van der Waals surface area contributed by atoms with Crippen molar-refractivity contribution >= 4 is 5.91 Å². The number of methoxy groups -OCH3 is 1. The van der Waals surface area contributed by atoms with Gasteiger partial charge < -0.3 is 9.64 Å². The van der Waals surface area contributed by atoms with Crippen molar-refractivity contribution < 1.29 is 13.9 Å². The van der Waals surface area contributed by atoms with E-state index >= 15 is 0 Å². The molecule has 0 radical (unpaired) electrons. The number of rotatable bonds is 7. The minimum atomic E-state index is -0.400. The smallest absolute Gasteiger partial charge is 0.239 e. The molecule has 1 aliphatic carbocycles. The summed E-state index contributed by atoms with van der Waals surface area (Å²) in [5.74, 6) is 0.589. The number of likely N-dealkylation sites (N-methyl/N-ethyl adjacent to an activating group) is 2. The Bertz CT molecular complexity index is 573. The second kappa shape index (κ2) is 9.18. The number of nitrogens with zero attached hydrogens (tertiary/aromatic N) is 2. The summed E-state index contributed by atoms with van der Waals surface area (Å²) in [6.45, 7) is 3.32. The highest BCUT2D eigenvalue weighted by atomic mass is 19.1. The van der Waals surface area contributed by atoms with E-state index in [0.29, 0.717) is 12.5 Å². The first-order valence-electron chi connectivity index (χ1n) is 9.20. The number of halogens is 1. The molecule has 4 nitrogen and oxygen atoms in total. The minimum Gasteiger partial charge on any atom is -0.494 e. The fourth-order valence-corrected chi connectivity index (χ4v) is 3.60. The molecule has 1 unspecified atom stereocenters. The molecule has 1 fully saturated rings. The summed E-state index contributed by atoms with van der Waals surface area (Å²) in [4.78, 5) is 16.5. The summed E-state index contributed by atoms with van der Waals surface area (Å²) >= 11 is 0. The highest BCUT2D eigenvalue weighted by Crippen LogP contribution is 2.25. The third-order valence-electron chi connectivity index (χ3n) is 5.30. The van der Waals surface area contributed by atoms with E-state index in [4.69, 9.17) is 4.74 Å². The van der Waals surface area contributed by atoms with E-state index in [2.05, 4.69) is 4.90 Å². The minimum absolute atomic E-state index is 0.0644. The fourth-order valence-electron chi connectivity index (χ4n) is 3.60. The molecule has 140 valence electrons. The van der Waals surface area contributed by atoms with Gasteiger partial charge >= 0.3 is 0 Å². The summed E-state index contributed by atoms with van der Waals surface area (Å²) in [6, 6.07) is 4.65. The zero-order valence-electron chi connectivity index (χ0n) is 15.9. The Morgan fingerprint density at radius 2 is 1.96 bits per heavy atom. The molecule has 25 heavy (non-hydrogen) atoms. The van der Waals surface area contributed by atoms with Gasteiger partial charge in [-0.15, -0.1) is 0 Å². The van der Waals surface area contributed by atoms with Crippen LogP contribution in [-0.4, -0.2) is 49.5 Å². The number of hydrogen-bond donors (Lipinski definition) is 0. The molecular weight excluding hydrogens is 319 g/mol. The van der Waals surface area contributed by atoms with E-state index < -0.39 is 5.82 Å². The lowest BCUT2D eigenvalue weighted by atomic mass is 9.89. The van der Waals surface area contributed by atoms with Crippen LogP contribution in [0.2, 0.25) is 0 Å². The second-order valence-corrected chi connectivity index (χ2v) is 7.28. The van der Waals surface area contributed by atoms with Crippen LogP contribution in [0.15, 0.2) is 18.2 Å². The van der Waals surface area contributed by atoms with E-state index in [9.17, 15) is 9.18 Å². The predicted molar refractivity (Wildman–Crippen MR) is 98.1 cm³/mol. The van der Waals surface area contributed by atoms with Crippen molar-refractivity contribution in [2.75, 3.05) is 27.7 Å². The molecule has 1 aromatic rings. The van der Waals surface area contributed by atoms with Gasteiger partial charge in [-0.3, -0.25) is 9.69 Å². The van der Waals surface area contributed by atoms with Gasteiger partial charge in [-0.2, -0.15) is 0 Å². The molecule has 0 saturated heterocycles. The second-order valence-electron chi connectivity index (χ2n) is 7.28. The van der Waals surface area contributed by atoms with E-state index in [1.807, 2.05) is 14.0 Å². The maximum absolute atomic E-state index is 13.8. The number of hydrogen-bond acceptors (Lipinski definition) is 3. The molecule has 1 atom stereocenters. The average Bonchev–Trinajstić information content (AvgIpc) is 2.61. The predicted octanol–water partition coefficient (Wildman–Crippen LogP) is 3.69. The summed E-state index contributed by atoms with van der Waals surface area (Å²) in [7, 11) is 5.24. The van der Waals surface area contributed by atoms with Gasteiger partial charge in [-0.05, 0) is 50.4 Å². The average molecular weight is 350 g/mol. The van der Waals surface area contributed by atoms with Crippen LogP contribution in [-0.2, 0) is 11.3 Å². The van der Waals surface area contributed by atoms with Crippen molar-refractivity contribution in [2.45, 2.75) is 51.6 Å². The van der Waals surface area contributed by atoms with Crippen LogP contribution < -0.4 is 4.74 Å². The highest BCUT2D eigenvalue weighted by molar-refractivity contribution is 5.81. The lowest BCUT2D eigenvalue weighted by molar-refractivity contribution is -0.135. The molecule has 1 saturated carbocycles. The molecule has 0 aromatic heterocycles. The lowest BCUT2D eigenvalue weighted by Crippen LogP contribution is -2.45. The number of carbonyl (C=O) groups excluding carboxylic acids is 1. The van der Waals surface area contributed by atoms with Crippen molar-refractivity contribution in [2.24, 2.45) is 5.92 Å². The quantitative estimate of drug-likeness (QED) is 0.752. The van der Waals surface area contributed by atoms with Gasteiger partial charge in [0.05, 0.1) is 13.2 Å². The first-order chi connectivity index (χ1) is 11.9. The summed E-state index contributed by atoms with van der Waals surface area (Å²) in [5, 5.41) is 0. The summed E-state index contributed by atoms with van der Waals surface area (Å²) < 4.78 is 18.7. The molecule has 5 heteroatoms. The van der Waals surface area contributed by atoms with Crippen LogP contribution in [0.4, 0.5) is 4.39 Å². The first-order valence-corrected chi connectivity index (χ1v) is 9.20. The van der Waals surface area contributed by atoms with Crippen LogP contribution in [0.5, 0.6) is 5.75 Å². The van der Waals surface area contributed by atoms with Crippen LogP contribution in [0.25, 0.3) is 0 Å². The molecule has 1 aliphatic rings. The fraction of sp³-hybridized carbons (Fsp3) is 0.650. The molecule has 0 spiro atoms. The molecule has 0 bridgehead atoms. The van der Waals surface area contributed by atoms with Gasteiger partial charge in [0.25, 0.3) is 0 Å². The normalized spacial score (nSPS) is 16.7. The van der Waals surface area contributed by atoms with Crippen molar-refractivity contribution in [1.82, 2.24) is 9.80 Å². The maximum atomic E-state index is 13.8. The van der Waals surface area contributed by atoms with Crippen molar-refractivity contribution in [1.29, 1.82) is 0 Å².